The molecule has 0 unspecified atom stereocenters. The van der Waals surface area contributed by atoms with Crippen molar-refractivity contribution in [2.45, 2.75) is 34.2 Å². The van der Waals surface area contributed by atoms with E-state index < -0.39 is 0 Å². The second kappa shape index (κ2) is 9.54. The van der Waals surface area contributed by atoms with Gasteiger partial charge in [0.05, 0.1) is 35.8 Å². The molecule has 3 aromatic rings. The van der Waals surface area contributed by atoms with Gasteiger partial charge in [-0.2, -0.15) is 5.10 Å². The molecule has 0 amide bonds. The number of carbonyl (C=O) groups excluding carboxylic acids is 1. The summed E-state index contributed by atoms with van der Waals surface area (Å²) in [5.41, 5.74) is 6.49. The van der Waals surface area contributed by atoms with Gasteiger partial charge in [0.15, 0.2) is 5.11 Å². The SMILES string of the molecule is CCOC(=O)c1ccc(NC(=S)Nc2c(C)nn(Cc3ccc(C)cc3)c2C)cc1. The van der Waals surface area contributed by atoms with Gasteiger partial charge in [0.2, 0.25) is 0 Å². The molecular weight excluding hydrogens is 396 g/mol. The number of thiocarbonyl (C=S) groups is 1. The Morgan fingerprint density at radius 1 is 1.03 bits per heavy atom. The van der Waals surface area contributed by atoms with Crippen LogP contribution >= 0.6 is 12.2 Å². The molecule has 1 aromatic heterocycles. The van der Waals surface area contributed by atoms with Crippen LogP contribution in [0.2, 0.25) is 0 Å². The molecule has 2 N–H and O–H groups in total. The van der Waals surface area contributed by atoms with Crippen molar-refractivity contribution in [1.82, 2.24) is 9.78 Å². The van der Waals surface area contributed by atoms with Gasteiger partial charge in [0.1, 0.15) is 0 Å². The van der Waals surface area contributed by atoms with Crippen LogP contribution in [-0.4, -0.2) is 27.5 Å². The molecule has 0 aliphatic carbocycles. The normalized spacial score (nSPS) is 10.5. The number of aromatic nitrogens is 2. The molecule has 0 saturated heterocycles. The fraction of sp³-hybridized carbons (Fsp3) is 0.261. The topological polar surface area (TPSA) is 68.2 Å². The first-order valence-corrected chi connectivity index (χ1v) is 10.2. The monoisotopic (exact) mass is 422 g/mol. The average molecular weight is 423 g/mol. The predicted octanol–water partition coefficient (Wildman–Crippen LogP) is 4.84. The Kier molecular flexibility index (Phi) is 6.84. The first-order valence-electron chi connectivity index (χ1n) is 9.82. The van der Waals surface area contributed by atoms with Crippen molar-refractivity contribution in [2.75, 3.05) is 17.2 Å². The van der Waals surface area contributed by atoms with Gasteiger partial charge in [-0.1, -0.05) is 29.8 Å². The van der Waals surface area contributed by atoms with Gasteiger partial charge in [-0.25, -0.2) is 4.79 Å². The average Bonchev–Trinajstić information content (AvgIpc) is 2.98. The number of esters is 1. The molecule has 0 radical (unpaired) electrons. The van der Waals surface area contributed by atoms with E-state index in [1.54, 1.807) is 31.2 Å². The van der Waals surface area contributed by atoms with Crippen molar-refractivity contribution in [3.63, 3.8) is 0 Å². The number of ether oxygens (including phenoxy) is 1. The summed E-state index contributed by atoms with van der Waals surface area (Å²) in [5, 5.41) is 11.5. The fourth-order valence-electron chi connectivity index (χ4n) is 3.08. The third-order valence-corrected chi connectivity index (χ3v) is 4.93. The molecule has 6 nitrogen and oxygen atoms in total. The number of nitrogens with one attached hydrogen (secondary N) is 2. The quantitative estimate of drug-likeness (QED) is 0.438. The summed E-state index contributed by atoms with van der Waals surface area (Å²) in [6.07, 6.45) is 0. The Bertz CT molecular complexity index is 1040. The van der Waals surface area contributed by atoms with E-state index in [0.29, 0.717) is 23.8 Å². The van der Waals surface area contributed by atoms with Gasteiger partial charge in [0, 0.05) is 5.69 Å². The van der Waals surface area contributed by atoms with Gasteiger partial charge in [0.25, 0.3) is 0 Å². The number of hydrogen-bond donors (Lipinski definition) is 2. The van der Waals surface area contributed by atoms with E-state index in [1.807, 2.05) is 18.5 Å². The van der Waals surface area contributed by atoms with Gasteiger partial charge in [-0.05, 0) is 69.7 Å². The summed E-state index contributed by atoms with van der Waals surface area (Å²) >= 11 is 5.47. The van der Waals surface area contributed by atoms with Crippen molar-refractivity contribution >= 4 is 34.7 Å². The van der Waals surface area contributed by atoms with Gasteiger partial charge in [-0.3, -0.25) is 4.68 Å². The van der Waals surface area contributed by atoms with E-state index in [0.717, 1.165) is 22.8 Å². The summed E-state index contributed by atoms with van der Waals surface area (Å²) < 4.78 is 6.97. The molecule has 2 aromatic carbocycles. The Morgan fingerprint density at radius 2 is 1.70 bits per heavy atom. The van der Waals surface area contributed by atoms with Gasteiger partial charge in [-0.15, -0.1) is 0 Å². The molecule has 0 saturated carbocycles. The minimum Gasteiger partial charge on any atom is -0.462 e. The molecule has 30 heavy (non-hydrogen) atoms. The fourth-order valence-corrected chi connectivity index (χ4v) is 3.30. The Labute approximate surface area is 182 Å². The second-order valence-corrected chi connectivity index (χ2v) is 7.47. The first-order chi connectivity index (χ1) is 14.4. The highest BCUT2D eigenvalue weighted by atomic mass is 32.1. The third-order valence-electron chi connectivity index (χ3n) is 4.73. The molecule has 0 aliphatic rings. The molecule has 0 aliphatic heterocycles. The Hall–Kier alpha value is -3.19. The van der Waals surface area contributed by atoms with Crippen LogP contribution in [0.15, 0.2) is 48.5 Å². The minimum atomic E-state index is -0.336. The molecule has 7 heteroatoms. The minimum absolute atomic E-state index is 0.336. The van der Waals surface area contributed by atoms with Crippen molar-refractivity contribution in [3.05, 3.63) is 76.6 Å². The molecule has 1 heterocycles. The number of rotatable bonds is 6. The van der Waals surface area contributed by atoms with E-state index in [-0.39, 0.29) is 5.97 Å². The summed E-state index contributed by atoms with van der Waals surface area (Å²) in [5.74, 6) is -0.336. The highest BCUT2D eigenvalue weighted by Crippen LogP contribution is 2.21. The van der Waals surface area contributed by atoms with Crippen LogP contribution in [0.25, 0.3) is 0 Å². The molecule has 0 fully saturated rings. The van der Waals surface area contributed by atoms with E-state index in [4.69, 9.17) is 17.0 Å². The third kappa shape index (κ3) is 5.24. The van der Waals surface area contributed by atoms with Crippen molar-refractivity contribution in [2.24, 2.45) is 0 Å². The van der Waals surface area contributed by atoms with E-state index >= 15 is 0 Å². The lowest BCUT2D eigenvalue weighted by Gasteiger charge is -2.12. The zero-order chi connectivity index (χ0) is 21.7. The zero-order valence-corrected chi connectivity index (χ0v) is 18.5. The number of benzene rings is 2. The maximum atomic E-state index is 11.8. The highest BCUT2D eigenvalue weighted by Gasteiger charge is 2.13. The molecule has 0 spiro atoms. The first kappa shape index (κ1) is 21.5. The maximum Gasteiger partial charge on any atom is 0.338 e. The number of anilines is 2. The smallest absolute Gasteiger partial charge is 0.338 e. The summed E-state index contributed by atoms with van der Waals surface area (Å²) in [4.78, 5) is 11.8. The molecular formula is C23H26N4O2S. The lowest BCUT2D eigenvalue weighted by Crippen LogP contribution is -2.20. The van der Waals surface area contributed by atoms with Crippen LogP contribution in [0.1, 0.15) is 39.8 Å². The van der Waals surface area contributed by atoms with Crippen LogP contribution in [0, 0.1) is 20.8 Å². The van der Waals surface area contributed by atoms with Crippen LogP contribution in [0.4, 0.5) is 11.4 Å². The zero-order valence-electron chi connectivity index (χ0n) is 17.7. The maximum absolute atomic E-state index is 11.8. The van der Waals surface area contributed by atoms with Gasteiger partial charge < -0.3 is 15.4 Å². The van der Waals surface area contributed by atoms with Crippen LogP contribution in [-0.2, 0) is 11.3 Å². The highest BCUT2D eigenvalue weighted by molar-refractivity contribution is 7.80. The predicted molar refractivity (Wildman–Crippen MR) is 124 cm³/mol. The number of nitrogens with zero attached hydrogens (tertiary/aromatic N) is 2. The molecule has 0 bridgehead atoms. The van der Waals surface area contributed by atoms with E-state index in [9.17, 15) is 4.79 Å². The van der Waals surface area contributed by atoms with Gasteiger partial charge >= 0.3 is 5.97 Å². The van der Waals surface area contributed by atoms with E-state index in [1.165, 1.54) is 11.1 Å². The molecule has 156 valence electrons. The summed E-state index contributed by atoms with van der Waals surface area (Å²) in [6.45, 7) is 8.89. The Balaban J connectivity index is 1.66. The number of hydrogen-bond acceptors (Lipinski definition) is 4. The van der Waals surface area contributed by atoms with Crippen molar-refractivity contribution in [1.29, 1.82) is 0 Å². The molecule has 0 atom stereocenters. The lowest BCUT2D eigenvalue weighted by atomic mass is 10.1. The molecule has 3 rings (SSSR count). The number of carbonyl (C=O) groups is 1. The van der Waals surface area contributed by atoms with Crippen molar-refractivity contribution in [3.8, 4) is 0 Å². The van der Waals surface area contributed by atoms with Crippen LogP contribution < -0.4 is 10.6 Å². The summed E-state index contributed by atoms with van der Waals surface area (Å²) in [7, 11) is 0. The standard InChI is InChI=1S/C23H26N4O2S/c1-5-29-22(28)19-10-12-20(13-11-19)24-23(30)25-21-16(3)26-27(17(21)4)14-18-8-6-15(2)7-9-18/h6-13H,5,14H2,1-4H3,(H2,24,25,30). The Morgan fingerprint density at radius 3 is 2.33 bits per heavy atom. The van der Waals surface area contributed by atoms with Crippen LogP contribution in [0.5, 0.6) is 0 Å². The second-order valence-electron chi connectivity index (χ2n) is 7.07. The van der Waals surface area contributed by atoms with Crippen molar-refractivity contribution < 1.29 is 9.53 Å². The van der Waals surface area contributed by atoms with E-state index in [2.05, 4.69) is 46.9 Å². The largest absolute Gasteiger partial charge is 0.462 e. The summed E-state index contributed by atoms with van der Waals surface area (Å²) in [6, 6.07) is 15.4. The van der Waals surface area contributed by atoms with Crippen LogP contribution in [0.3, 0.4) is 0 Å². The number of aryl methyl sites for hydroxylation is 2. The lowest BCUT2D eigenvalue weighted by molar-refractivity contribution is 0.0526.